The molecule has 86 valence electrons. The maximum Gasteiger partial charge on any atom is 0.654 e. The number of rotatable bonds is 7. The number of nitrogens with zero attached hydrogens (tertiary/aromatic N) is 2. The van der Waals surface area contributed by atoms with E-state index in [0.717, 1.165) is 0 Å². The second-order valence-corrected chi connectivity index (χ2v) is 5.15. The van der Waals surface area contributed by atoms with Crippen molar-refractivity contribution < 1.29 is 13.3 Å². The second-order valence-electron chi connectivity index (χ2n) is 2.77. The molecule has 0 atom stereocenters. The third kappa shape index (κ3) is 2.88. The molecule has 1 aromatic heterocycles. The Bertz CT molecular complexity index is 249. The van der Waals surface area contributed by atoms with E-state index in [1.54, 1.807) is 10.5 Å². The molecule has 0 saturated carbocycles. The van der Waals surface area contributed by atoms with Crippen LogP contribution in [0, 0.1) is 0 Å². The van der Waals surface area contributed by atoms with E-state index >= 15 is 0 Å². The van der Waals surface area contributed by atoms with Gasteiger partial charge in [-0.1, -0.05) is 0 Å². The fourth-order valence-corrected chi connectivity index (χ4v) is 3.52. The molecule has 1 aromatic rings. The highest BCUT2D eigenvalue weighted by Crippen LogP contribution is 2.11. The van der Waals surface area contributed by atoms with Gasteiger partial charge in [0.15, 0.2) is 0 Å². The van der Waals surface area contributed by atoms with Crippen LogP contribution in [0.2, 0.25) is 0 Å². The molecule has 0 radical (unpaired) electrons. The molecule has 0 aromatic carbocycles. The highest BCUT2D eigenvalue weighted by atomic mass is 28.4. The summed E-state index contributed by atoms with van der Waals surface area (Å²) in [6, 6.07) is 1.83. The molecule has 0 bridgehead atoms. The Morgan fingerprint density at radius 1 is 1.07 bits per heavy atom. The number of hydrogen-bond acceptors (Lipinski definition) is 4. The van der Waals surface area contributed by atoms with E-state index in [0.29, 0.717) is 19.8 Å². The zero-order valence-corrected chi connectivity index (χ0v) is 10.5. The van der Waals surface area contributed by atoms with Gasteiger partial charge in [0, 0.05) is 32.2 Å². The normalized spacial score (nSPS) is 11.9. The van der Waals surface area contributed by atoms with E-state index in [-0.39, 0.29) is 0 Å². The first-order chi connectivity index (χ1) is 7.29. The summed E-state index contributed by atoms with van der Waals surface area (Å²) in [7, 11) is -2.81. The van der Waals surface area contributed by atoms with Gasteiger partial charge in [-0.3, -0.25) is 0 Å². The summed E-state index contributed by atoms with van der Waals surface area (Å²) in [6.07, 6.45) is 3.51. The molecule has 1 heterocycles. The van der Waals surface area contributed by atoms with Crippen molar-refractivity contribution in [3.05, 3.63) is 18.5 Å². The van der Waals surface area contributed by atoms with Crippen LogP contribution in [0.4, 0.5) is 0 Å². The molecule has 0 aliphatic rings. The zero-order chi connectivity index (χ0) is 11.1. The quantitative estimate of drug-likeness (QED) is 0.662. The first-order valence-electron chi connectivity index (χ1n) is 5.21. The summed E-state index contributed by atoms with van der Waals surface area (Å²) in [6.45, 7) is 7.40. The van der Waals surface area contributed by atoms with Gasteiger partial charge in [0.05, 0.1) is 0 Å². The Kier molecular flexibility index (Phi) is 4.96. The van der Waals surface area contributed by atoms with Gasteiger partial charge in [0.25, 0.3) is 0 Å². The highest BCUT2D eigenvalue weighted by molar-refractivity contribution is 6.58. The van der Waals surface area contributed by atoms with Crippen LogP contribution >= 0.6 is 0 Å². The summed E-state index contributed by atoms with van der Waals surface area (Å²) < 4.78 is 18.6. The number of aromatic nitrogens is 2. The maximum atomic E-state index is 5.65. The Morgan fingerprint density at radius 2 is 1.60 bits per heavy atom. The fraction of sp³-hybridized carbons (Fsp3) is 0.667. The van der Waals surface area contributed by atoms with Gasteiger partial charge in [0.1, 0.15) is 0 Å². The third-order valence-corrected chi connectivity index (χ3v) is 4.55. The summed E-state index contributed by atoms with van der Waals surface area (Å²) in [5.41, 5.74) is 0. The van der Waals surface area contributed by atoms with Gasteiger partial charge in [-0.05, 0) is 26.8 Å². The molecule has 6 heteroatoms. The molecule has 0 aliphatic heterocycles. The maximum absolute atomic E-state index is 5.65. The van der Waals surface area contributed by atoms with E-state index in [2.05, 4.69) is 5.10 Å². The van der Waals surface area contributed by atoms with Crippen molar-refractivity contribution in [1.29, 1.82) is 0 Å². The molecule has 0 N–H and O–H groups in total. The van der Waals surface area contributed by atoms with Crippen LogP contribution < -0.4 is 0 Å². The first kappa shape index (κ1) is 12.4. The Hall–Kier alpha value is -0.693. The SMILES string of the molecule is CCO[Si](OCC)(OCC)n1cccn1. The summed E-state index contributed by atoms with van der Waals surface area (Å²) in [5, 5.41) is 4.15. The van der Waals surface area contributed by atoms with Crippen molar-refractivity contribution in [1.82, 2.24) is 9.45 Å². The van der Waals surface area contributed by atoms with Crippen LogP contribution in [0.15, 0.2) is 18.5 Å². The van der Waals surface area contributed by atoms with Gasteiger partial charge >= 0.3 is 8.97 Å². The Labute approximate surface area is 91.4 Å². The molecule has 0 aliphatic carbocycles. The Balaban J connectivity index is 2.90. The average Bonchev–Trinajstić information content (AvgIpc) is 2.72. The molecular formula is C9H18N2O3Si. The lowest BCUT2D eigenvalue weighted by molar-refractivity contribution is 0.0578. The van der Waals surface area contributed by atoms with E-state index in [4.69, 9.17) is 13.3 Å². The van der Waals surface area contributed by atoms with Gasteiger partial charge in [-0.15, -0.1) is 0 Å². The molecule has 15 heavy (non-hydrogen) atoms. The molecule has 0 spiro atoms. The van der Waals surface area contributed by atoms with E-state index < -0.39 is 8.97 Å². The molecular weight excluding hydrogens is 212 g/mol. The van der Waals surface area contributed by atoms with Crippen LogP contribution in [0.5, 0.6) is 0 Å². The van der Waals surface area contributed by atoms with Crippen LogP contribution in [0.3, 0.4) is 0 Å². The monoisotopic (exact) mass is 230 g/mol. The fourth-order valence-electron chi connectivity index (χ4n) is 1.30. The van der Waals surface area contributed by atoms with Gasteiger partial charge in [-0.2, -0.15) is 5.10 Å². The summed E-state index contributed by atoms with van der Waals surface area (Å²) in [4.78, 5) is 0. The largest absolute Gasteiger partial charge is 0.654 e. The molecule has 0 amide bonds. The lowest BCUT2D eigenvalue weighted by Gasteiger charge is -2.27. The molecule has 5 nitrogen and oxygen atoms in total. The van der Waals surface area contributed by atoms with Crippen molar-refractivity contribution in [3.63, 3.8) is 0 Å². The molecule has 1 rings (SSSR count). The van der Waals surface area contributed by atoms with Crippen molar-refractivity contribution in [2.24, 2.45) is 0 Å². The van der Waals surface area contributed by atoms with Crippen molar-refractivity contribution in [3.8, 4) is 0 Å². The first-order valence-corrected chi connectivity index (χ1v) is 6.88. The van der Waals surface area contributed by atoms with Crippen molar-refractivity contribution >= 4 is 8.97 Å². The zero-order valence-electron chi connectivity index (χ0n) is 9.47. The molecule has 0 saturated heterocycles. The minimum Gasteiger partial charge on any atom is -0.356 e. The van der Waals surface area contributed by atoms with Crippen molar-refractivity contribution in [2.75, 3.05) is 19.8 Å². The minimum absolute atomic E-state index is 0.548. The van der Waals surface area contributed by atoms with E-state index in [1.807, 2.05) is 33.0 Å². The summed E-state index contributed by atoms with van der Waals surface area (Å²) >= 11 is 0. The van der Waals surface area contributed by atoms with Crippen LogP contribution in [0.25, 0.3) is 0 Å². The lowest BCUT2D eigenvalue weighted by atomic mass is 10.8. The lowest BCUT2D eigenvalue weighted by Crippen LogP contribution is -2.53. The average molecular weight is 230 g/mol. The van der Waals surface area contributed by atoms with Crippen LogP contribution in [0.1, 0.15) is 20.8 Å². The smallest absolute Gasteiger partial charge is 0.356 e. The predicted octanol–water partition coefficient (Wildman–Crippen LogP) is 1.28. The van der Waals surface area contributed by atoms with Gasteiger partial charge in [-0.25, -0.2) is 4.35 Å². The minimum atomic E-state index is -2.81. The predicted molar refractivity (Wildman–Crippen MR) is 58.3 cm³/mol. The molecule has 0 fully saturated rings. The Morgan fingerprint density at radius 3 is 1.93 bits per heavy atom. The summed E-state index contributed by atoms with van der Waals surface area (Å²) in [5.74, 6) is 0. The third-order valence-electron chi connectivity index (χ3n) is 1.77. The van der Waals surface area contributed by atoms with E-state index in [9.17, 15) is 0 Å². The van der Waals surface area contributed by atoms with Gasteiger partial charge in [0.2, 0.25) is 0 Å². The highest BCUT2D eigenvalue weighted by Gasteiger charge is 2.45. The second kappa shape index (κ2) is 6.01. The van der Waals surface area contributed by atoms with Crippen molar-refractivity contribution in [2.45, 2.75) is 20.8 Å². The topological polar surface area (TPSA) is 45.5 Å². The number of hydrogen-bond donors (Lipinski definition) is 0. The van der Waals surface area contributed by atoms with Crippen LogP contribution in [-0.4, -0.2) is 38.2 Å². The van der Waals surface area contributed by atoms with Gasteiger partial charge < -0.3 is 13.3 Å². The van der Waals surface area contributed by atoms with Crippen LogP contribution in [-0.2, 0) is 13.3 Å². The van der Waals surface area contributed by atoms with E-state index in [1.165, 1.54) is 0 Å². The standard InChI is InChI=1S/C9H18N2O3Si/c1-4-12-15(13-5-2,14-6-3)11-9-7-8-10-11/h7-9H,4-6H2,1-3H3. The molecule has 0 unspecified atom stereocenters.